The fourth-order valence-electron chi connectivity index (χ4n) is 4.37. The highest BCUT2D eigenvalue weighted by Crippen LogP contribution is 2.30. The van der Waals surface area contributed by atoms with Crippen LogP contribution in [0.3, 0.4) is 0 Å². The molecule has 5 nitrogen and oxygen atoms in total. The Morgan fingerprint density at radius 2 is 1.83 bits per heavy atom. The molecule has 150 valence electrons. The van der Waals surface area contributed by atoms with Crippen LogP contribution in [0, 0.1) is 0 Å². The summed E-state index contributed by atoms with van der Waals surface area (Å²) in [6.07, 6.45) is 3.02. The number of fused-ring (bicyclic) bond motifs is 1. The van der Waals surface area contributed by atoms with E-state index >= 15 is 0 Å². The van der Waals surface area contributed by atoms with Gasteiger partial charge < -0.3 is 19.4 Å². The van der Waals surface area contributed by atoms with Gasteiger partial charge in [0.2, 0.25) is 0 Å². The third-order valence-electron chi connectivity index (χ3n) is 6.06. The van der Waals surface area contributed by atoms with Gasteiger partial charge in [-0.3, -0.25) is 4.79 Å². The van der Waals surface area contributed by atoms with Gasteiger partial charge in [0.1, 0.15) is 11.9 Å². The zero-order valence-electron chi connectivity index (χ0n) is 16.5. The van der Waals surface area contributed by atoms with Crippen LogP contribution >= 0.6 is 0 Å². The molecular weight excluding hydrogens is 364 g/mol. The van der Waals surface area contributed by atoms with E-state index in [1.807, 2.05) is 29.2 Å². The van der Waals surface area contributed by atoms with Crippen molar-refractivity contribution < 1.29 is 14.3 Å². The monoisotopic (exact) mass is 390 g/mol. The Morgan fingerprint density at radius 3 is 2.55 bits per heavy atom. The van der Waals surface area contributed by atoms with E-state index in [2.05, 4.69) is 35.3 Å². The number of hydrogen-bond donors (Lipinski definition) is 1. The molecule has 1 unspecified atom stereocenters. The predicted molar refractivity (Wildman–Crippen MR) is 112 cm³/mol. The maximum Gasteiger partial charge on any atom is 0.253 e. The summed E-state index contributed by atoms with van der Waals surface area (Å²) in [7, 11) is 0. The first-order chi connectivity index (χ1) is 14.3. The smallest absolute Gasteiger partial charge is 0.253 e. The van der Waals surface area contributed by atoms with Crippen LogP contribution in [0.1, 0.15) is 41.2 Å². The first-order valence-corrected chi connectivity index (χ1v) is 10.5. The molecule has 29 heavy (non-hydrogen) atoms. The summed E-state index contributed by atoms with van der Waals surface area (Å²) >= 11 is 0. The number of carbonyl (C=O) groups is 1. The third-order valence-corrected chi connectivity index (χ3v) is 6.06. The second-order valence-electron chi connectivity index (χ2n) is 8.01. The topological polar surface area (TPSA) is 54.6 Å². The van der Waals surface area contributed by atoms with Crippen molar-refractivity contribution in [3.05, 3.63) is 65.9 Å². The lowest BCUT2D eigenvalue weighted by Gasteiger charge is -2.31. The molecule has 3 heterocycles. The predicted octanol–water partition coefficient (Wildman–Crippen LogP) is 4.36. The highest BCUT2D eigenvalue weighted by atomic mass is 16.5. The van der Waals surface area contributed by atoms with Crippen LogP contribution in [0.2, 0.25) is 0 Å². The van der Waals surface area contributed by atoms with Crippen molar-refractivity contribution in [3.8, 4) is 5.75 Å². The molecule has 2 aromatic carbocycles. The lowest BCUT2D eigenvalue weighted by Crippen LogP contribution is -2.38. The van der Waals surface area contributed by atoms with Crippen molar-refractivity contribution in [2.75, 3.05) is 26.3 Å². The van der Waals surface area contributed by atoms with Gasteiger partial charge in [-0.05, 0) is 54.6 Å². The summed E-state index contributed by atoms with van der Waals surface area (Å²) in [4.78, 5) is 18.4. The minimum atomic E-state index is 0.107. The highest BCUT2D eigenvalue weighted by molar-refractivity contribution is 5.94. The van der Waals surface area contributed by atoms with Crippen LogP contribution < -0.4 is 4.74 Å². The fourth-order valence-corrected chi connectivity index (χ4v) is 4.37. The number of nitrogens with zero attached hydrogens (tertiary/aromatic N) is 1. The van der Waals surface area contributed by atoms with E-state index in [0.29, 0.717) is 12.5 Å². The highest BCUT2D eigenvalue weighted by Gasteiger charge is 2.25. The molecule has 3 aromatic rings. The van der Waals surface area contributed by atoms with Gasteiger partial charge in [-0.25, -0.2) is 0 Å². The summed E-state index contributed by atoms with van der Waals surface area (Å²) in [6, 6.07) is 18.2. The Balaban J connectivity index is 1.19. The van der Waals surface area contributed by atoms with E-state index in [-0.39, 0.29) is 12.0 Å². The number of rotatable bonds is 4. The Kier molecular flexibility index (Phi) is 4.98. The molecule has 1 amide bonds. The SMILES string of the molecule is O=C(c1ccc(OC2CCOC2)cc1)N1CCC(c2cc3ccccc3[nH]2)CC1. The summed E-state index contributed by atoms with van der Waals surface area (Å²) < 4.78 is 11.2. The summed E-state index contributed by atoms with van der Waals surface area (Å²) in [5.41, 5.74) is 3.20. The maximum absolute atomic E-state index is 12.9. The fraction of sp³-hybridized carbons (Fsp3) is 0.375. The second-order valence-corrected chi connectivity index (χ2v) is 8.01. The normalized spacial score (nSPS) is 20.3. The van der Waals surface area contributed by atoms with E-state index in [1.165, 1.54) is 16.6 Å². The minimum Gasteiger partial charge on any atom is -0.488 e. The maximum atomic E-state index is 12.9. The van der Waals surface area contributed by atoms with Crippen LogP contribution in [0.25, 0.3) is 10.9 Å². The second kappa shape index (κ2) is 7.91. The molecule has 5 heteroatoms. The number of aromatic amines is 1. The molecule has 0 saturated carbocycles. The van der Waals surface area contributed by atoms with Crippen molar-refractivity contribution in [3.63, 3.8) is 0 Å². The van der Waals surface area contributed by atoms with Crippen LogP contribution in [-0.2, 0) is 4.74 Å². The quantitative estimate of drug-likeness (QED) is 0.720. The van der Waals surface area contributed by atoms with Crippen LogP contribution in [0.15, 0.2) is 54.6 Å². The summed E-state index contributed by atoms with van der Waals surface area (Å²) in [6.45, 7) is 2.98. The van der Waals surface area contributed by atoms with Gasteiger partial charge in [-0.1, -0.05) is 18.2 Å². The molecule has 1 aromatic heterocycles. The number of nitrogens with one attached hydrogen (secondary N) is 1. The minimum absolute atomic E-state index is 0.107. The van der Waals surface area contributed by atoms with Gasteiger partial charge in [0.05, 0.1) is 13.2 Å². The number of likely N-dealkylation sites (tertiary alicyclic amines) is 1. The molecule has 1 N–H and O–H groups in total. The lowest BCUT2D eigenvalue weighted by atomic mass is 9.93. The number of H-pyrrole nitrogens is 1. The zero-order valence-corrected chi connectivity index (χ0v) is 16.5. The van der Waals surface area contributed by atoms with E-state index in [9.17, 15) is 4.79 Å². The van der Waals surface area contributed by atoms with Crippen molar-refractivity contribution in [2.24, 2.45) is 0 Å². The Morgan fingerprint density at radius 1 is 1.03 bits per heavy atom. The summed E-state index contributed by atoms with van der Waals surface area (Å²) in [5.74, 6) is 1.39. The van der Waals surface area contributed by atoms with Crippen molar-refractivity contribution in [1.82, 2.24) is 9.88 Å². The van der Waals surface area contributed by atoms with Crippen molar-refractivity contribution in [2.45, 2.75) is 31.3 Å². The number of piperidine rings is 1. The molecule has 0 spiro atoms. The standard InChI is InChI=1S/C24H26N2O3/c27-24(18-5-7-20(8-6-18)29-21-11-14-28-16-21)26-12-9-17(10-13-26)23-15-19-3-1-2-4-22(19)25-23/h1-8,15,17,21,25H,9-14,16H2. The number of amides is 1. The molecule has 0 radical (unpaired) electrons. The number of ether oxygens (including phenoxy) is 2. The molecule has 2 aliphatic heterocycles. The third kappa shape index (κ3) is 3.87. The number of benzene rings is 2. The van der Waals surface area contributed by atoms with Gasteiger partial charge in [-0.2, -0.15) is 0 Å². The molecule has 5 rings (SSSR count). The van der Waals surface area contributed by atoms with E-state index in [0.717, 1.165) is 50.3 Å². The molecule has 0 bridgehead atoms. The van der Waals surface area contributed by atoms with Gasteiger partial charge in [0.15, 0.2) is 0 Å². The zero-order chi connectivity index (χ0) is 19.6. The molecule has 0 aliphatic carbocycles. The summed E-state index contributed by atoms with van der Waals surface area (Å²) in [5, 5.41) is 1.26. The first kappa shape index (κ1) is 18.3. The van der Waals surface area contributed by atoms with Crippen LogP contribution in [-0.4, -0.2) is 48.2 Å². The molecule has 1 atom stereocenters. The average Bonchev–Trinajstić information content (AvgIpc) is 3.43. The molecule has 2 saturated heterocycles. The van der Waals surface area contributed by atoms with E-state index in [1.54, 1.807) is 0 Å². The van der Waals surface area contributed by atoms with Crippen molar-refractivity contribution in [1.29, 1.82) is 0 Å². The Bertz CT molecular complexity index is 948. The number of aromatic nitrogens is 1. The van der Waals surface area contributed by atoms with E-state index in [4.69, 9.17) is 9.47 Å². The number of para-hydroxylation sites is 1. The largest absolute Gasteiger partial charge is 0.488 e. The van der Waals surface area contributed by atoms with Gasteiger partial charge in [0, 0.05) is 42.2 Å². The van der Waals surface area contributed by atoms with Crippen LogP contribution in [0.5, 0.6) is 5.75 Å². The first-order valence-electron chi connectivity index (χ1n) is 10.5. The molecule has 2 aliphatic rings. The van der Waals surface area contributed by atoms with E-state index < -0.39 is 0 Å². The molecular formula is C24H26N2O3. The van der Waals surface area contributed by atoms with Crippen molar-refractivity contribution >= 4 is 16.8 Å². The van der Waals surface area contributed by atoms with Gasteiger partial charge >= 0.3 is 0 Å². The van der Waals surface area contributed by atoms with Crippen LogP contribution in [0.4, 0.5) is 0 Å². The average molecular weight is 390 g/mol. The van der Waals surface area contributed by atoms with Gasteiger partial charge in [0.25, 0.3) is 5.91 Å². The molecule has 2 fully saturated rings. The lowest BCUT2D eigenvalue weighted by molar-refractivity contribution is 0.0712. The number of carbonyl (C=O) groups excluding carboxylic acids is 1. The Labute approximate surface area is 170 Å². The number of hydrogen-bond acceptors (Lipinski definition) is 3. The Hall–Kier alpha value is -2.79. The van der Waals surface area contributed by atoms with Gasteiger partial charge in [-0.15, -0.1) is 0 Å².